The number of carbonyl (C=O) groups excluding carboxylic acids is 2. The summed E-state index contributed by atoms with van der Waals surface area (Å²) in [7, 11) is 3.97. The van der Waals surface area contributed by atoms with Crippen molar-refractivity contribution in [2.45, 2.75) is 31.6 Å². The first-order valence-electron chi connectivity index (χ1n) is 6.62. The minimum atomic E-state index is -0.557. The number of benzene rings is 1. The van der Waals surface area contributed by atoms with Gasteiger partial charge in [-0.3, -0.25) is 14.9 Å². The van der Waals surface area contributed by atoms with Crippen molar-refractivity contribution in [2.24, 2.45) is 0 Å². The maximum Gasteiger partial charge on any atom is 0.237 e. The normalized spacial score (nSPS) is 23.1. The fraction of sp³-hybridized carbons (Fsp3) is 0.467. The second-order valence-corrected chi connectivity index (χ2v) is 5.25. The second kappa shape index (κ2) is 5.03. The number of amides is 2. The van der Waals surface area contributed by atoms with Crippen LogP contribution in [0, 0.1) is 0 Å². The lowest BCUT2D eigenvalue weighted by Gasteiger charge is -2.35. The van der Waals surface area contributed by atoms with Crippen molar-refractivity contribution in [1.29, 1.82) is 0 Å². The molecule has 1 aromatic carbocycles. The second-order valence-electron chi connectivity index (χ2n) is 5.25. The van der Waals surface area contributed by atoms with Gasteiger partial charge in [-0.05, 0) is 30.5 Å². The molecule has 1 atom stereocenters. The van der Waals surface area contributed by atoms with Crippen LogP contribution in [0.3, 0.4) is 0 Å². The van der Waals surface area contributed by atoms with Crippen LogP contribution in [0.15, 0.2) is 24.3 Å². The van der Waals surface area contributed by atoms with Crippen LogP contribution in [0.5, 0.6) is 0 Å². The Morgan fingerprint density at radius 1 is 1.21 bits per heavy atom. The molecular weight excluding hydrogens is 240 g/mol. The number of hydrogen-bond donors (Lipinski definition) is 1. The molecule has 1 aromatic rings. The molecular formula is C15H20N2O2. The highest BCUT2D eigenvalue weighted by Gasteiger charge is 2.42. The van der Waals surface area contributed by atoms with E-state index in [0.717, 1.165) is 11.3 Å². The maximum atomic E-state index is 12.2. The van der Waals surface area contributed by atoms with Gasteiger partial charge in [0.2, 0.25) is 11.8 Å². The number of rotatable bonds is 3. The van der Waals surface area contributed by atoms with Crippen LogP contribution >= 0.6 is 0 Å². The Bertz CT molecular complexity index is 493. The molecule has 0 saturated carbocycles. The van der Waals surface area contributed by atoms with Gasteiger partial charge in [-0.2, -0.15) is 0 Å². The lowest BCUT2D eigenvalue weighted by atomic mass is 9.72. The van der Waals surface area contributed by atoms with Gasteiger partial charge >= 0.3 is 0 Å². The van der Waals surface area contributed by atoms with Crippen LogP contribution in [0.1, 0.15) is 31.7 Å². The Morgan fingerprint density at radius 3 is 2.32 bits per heavy atom. The van der Waals surface area contributed by atoms with Gasteiger partial charge in [0.15, 0.2) is 0 Å². The Hall–Kier alpha value is -1.84. The quantitative estimate of drug-likeness (QED) is 0.844. The van der Waals surface area contributed by atoms with Crippen molar-refractivity contribution in [3.63, 3.8) is 0 Å². The standard InChI is InChI=1S/C15H20N2O2/c1-4-15(10-9-13(18)16-14(15)19)11-5-7-12(8-6-11)17(2)3/h5-8H,4,9-10H2,1-3H3,(H,16,18,19). The molecule has 1 N–H and O–H groups in total. The van der Waals surface area contributed by atoms with E-state index in [-0.39, 0.29) is 11.8 Å². The summed E-state index contributed by atoms with van der Waals surface area (Å²) in [4.78, 5) is 25.6. The summed E-state index contributed by atoms with van der Waals surface area (Å²) in [5.74, 6) is -0.331. The van der Waals surface area contributed by atoms with E-state index in [2.05, 4.69) is 5.32 Å². The van der Waals surface area contributed by atoms with E-state index in [4.69, 9.17) is 0 Å². The van der Waals surface area contributed by atoms with Crippen molar-refractivity contribution in [1.82, 2.24) is 5.32 Å². The lowest BCUT2D eigenvalue weighted by molar-refractivity contribution is -0.138. The number of nitrogens with zero attached hydrogens (tertiary/aromatic N) is 1. The van der Waals surface area contributed by atoms with E-state index in [1.165, 1.54) is 0 Å². The first-order chi connectivity index (χ1) is 8.99. The number of carbonyl (C=O) groups is 2. The Labute approximate surface area is 113 Å². The van der Waals surface area contributed by atoms with E-state index in [1.54, 1.807) is 0 Å². The minimum Gasteiger partial charge on any atom is -0.378 e. The van der Waals surface area contributed by atoms with E-state index in [9.17, 15) is 9.59 Å². The number of imide groups is 1. The molecule has 1 saturated heterocycles. The van der Waals surface area contributed by atoms with E-state index in [1.807, 2.05) is 50.2 Å². The molecule has 19 heavy (non-hydrogen) atoms. The Morgan fingerprint density at radius 2 is 1.84 bits per heavy atom. The van der Waals surface area contributed by atoms with Crippen LogP contribution in [0.2, 0.25) is 0 Å². The molecule has 0 aliphatic carbocycles. The SMILES string of the molecule is CCC1(c2ccc(N(C)C)cc2)CCC(=O)NC1=O. The zero-order valence-electron chi connectivity index (χ0n) is 11.7. The van der Waals surface area contributed by atoms with Gasteiger partial charge in [0.25, 0.3) is 0 Å². The van der Waals surface area contributed by atoms with Crippen molar-refractivity contribution < 1.29 is 9.59 Å². The molecule has 4 nitrogen and oxygen atoms in total. The molecule has 0 radical (unpaired) electrons. The molecule has 0 bridgehead atoms. The topological polar surface area (TPSA) is 49.4 Å². The molecule has 1 heterocycles. The highest BCUT2D eigenvalue weighted by molar-refractivity contribution is 6.03. The fourth-order valence-electron chi connectivity index (χ4n) is 2.64. The largest absolute Gasteiger partial charge is 0.378 e. The van der Waals surface area contributed by atoms with Gasteiger partial charge in [-0.1, -0.05) is 19.1 Å². The maximum absolute atomic E-state index is 12.2. The lowest BCUT2D eigenvalue weighted by Crippen LogP contribution is -2.51. The summed E-state index contributed by atoms with van der Waals surface area (Å²) >= 11 is 0. The first kappa shape index (κ1) is 13.6. The summed E-state index contributed by atoms with van der Waals surface area (Å²) < 4.78 is 0. The van der Waals surface area contributed by atoms with Crippen molar-refractivity contribution in [3.05, 3.63) is 29.8 Å². The van der Waals surface area contributed by atoms with Gasteiger partial charge in [-0.15, -0.1) is 0 Å². The third-order valence-electron chi connectivity index (χ3n) is 4.01. The molecule has 1 aliphatic rings. The number of nitrogens with one attached hydrogen (secondary N) is 1. The molecule has 2 rings (SSSR count). The number of hydrogen-bond acceptors (Lipinski definition) is 3. The van der Waals surface area contributed by atoms with Crippen molar-refractivity contribution in [3.8, 4) is 0 Å². The molecule has 4 heteroatoms. The Kier molecular flexibility index (Phi) is 3.60. The average molecular weight is 260 g/mol. The van der Waals surface area contributed by atoms with Crippen LogP contribution in [0.4, 0.5) is 5.69 Å². The summed E-state index contributed by atoms with van der Waals surface area (Å²) in [5.41, 5.74) is 1.53. The molecule has 1 aliphatic heterocycles. The van der Waals surface area contributed by atoms with Crippen molar-refractivity contribution >= 4 is 17.5 Å². The smallest absolute Gasteiger partial charge is 0.237 e. The molecule has 0 spiro atoms. The molecule has 102 valence electrons. The van der Waals surface area contributed by atoms with Crippen LogP contribution < -0.4 is 10.2 Å². The first-order valence-corrected chi connectivity index (χ1v) is 6.62. The highest BCUT2D eigenvalue weighted by atomic mass is 16.2. The summed E-state index contributed by atoms with van der Waals surface area (Å²) in [6.45, 7) is 2.00. The minimum absolute atomic E-state index is 0.163. The zero-order valence-corrected chi connectivity index (χ0v) is 11.7. The van der Waals surface area contributed by atoms with Crippen molar-refractivity contribution in [2.75, 3.05) is 19.0 Å². The van der Waals surface area contributed by atoms with E-state index >= 15 is 0 Å². The van der Waals surface area contributed by atoms with E-state index in [0.29, 0.717) is 19.3 Å². The fourth-order valence-corrected chi connectivity index (χ4v) is 2.64. The van der Waals surface area contributed by atoms with Gasteiger partial charge in [0.1, 0.15) is 0 Å². The highest BCUT2D eigenvalue weighted by Crippen LogP contribution is 2.36. The average Bonchev–Trinajstić information content (AvgIpc) is 2.40. The Balaban J connectivity index is 2.36. The van der Waals surface area contributed by atoms with E-state index < -0.39 is 5.41 Å². The molecule has 1 unspecified atom stereocenters. The molecule has 1 fully saturated rings. The zero-order chi connectivity index (χ0) is 14.0. The third kappa shape index (κ3) is 2.35. The number of piperidine rings is 1. The van der Waals surface area contributed by atoms with Gasteiger partial charge < -0.3 is 4.90 Å². The van der Waals surface area contributed by atoms with Gasteiger partial charge in [-0.25, -0.2) is 0 Å². The third-order valence-corrected chi connectivity index (χ3v) is 4.01. The predicted octanol–water partition coefficient (Wildman–Crippen LogP) is 1.84. The summed E-state index contributed by atoms with van der Waals surface area (Å²) in [5, 5.41) is 2.47. The summed E-state index contributed by atoms with van der Waals surface area (Å²) in [6, 6.07) is 8.01. The van der Waals surface area contributed by atoms with Crippen LogP contribution in [-0.2, 0) is 15.0 Å². The monoisotopic (exact) mass is 260 g/mol. The number of anilines is 1. The molecule has 0 aromatic heterocycles. The van der Waals surface area contributed by atoms with Gasteiger partial charge in [0, 0.05) is 26.2 Å². The van der Waals surface area contributed by atoms with Gasteiger partial charge in [0.05, 0.1) is 5.41 Å². The molecule has 2 amide bonds. The summed E-state index contributed by atoms with van der Waals surface area (Å²) in [6.07, 6.45) is 1.71. The van der Waals surface area contributed by atoms with Crippen LogP contribution in [0.25, 0.3) is 0 Å². The van der Waals surface area contributed by atoms with Crippen LogP contribution in [-0.4, -0.2) is 25.9 Å². The predicted molar refractivity (Wildman–Crippen MR) is 75.1 cm³/mol.